The summed E-state index contributed by atoms with van der Waals surface area (Å²) in [6.45, 7) is 7.55. The summed E-state index contributed by atoms with van der Waals surface area (Å²) in [5.74, 6) is 0.280. The van der Waals surface area contributed by atoms with E-state index in [2.05, 4.69) is 25.7 Å². The Morgan fingerprint density at radius 1 is 1.37 bits per heavy atom. The van der Waals surface area contributed by atoms with Gasteiger partial charge in [-0.25, -0.2) is 4.21 Å². The first-order chi connectivity index (χ1) is 8.77. The predicted molar refractivity (Wildman–Crippen MR) is 76.3 cm³/mol. The van der Waals surface area contributed by atoms with E-state index in [1.165, 1.54) is 0 Å². The van der Waals surface area contributed by atoms with Crippen LogP contribution in [-0.2, 0) is 11.1 Å². The summed E-state index contributed by atoms with van der Waals surface area (Å²) in [4.78, 5) is 2.21. The van der Waals surface area contributed by atoms with E-state index in [-0.39, 0.29) is 17.2 Å². The molecule has 6 heteroatoms. The van der Waals surface area contributed by atoms with Crippen LogP contribution in [0.3, 0.4) is 0 Å². The summed E-state index contributed by atoms with van der Waals surface area (Å²) in [5, 5.41) is 19.4. The molecule has 0 aromatic rings. The second-order valence-corrected chi connectivity index (χ2v) is 7.16. The second-order valence-electron chi connectivity index (χ2n) is 6.11. The van der Waals surface area contributed by atoms with E-state index in [9.17, 15) is 14.4 Å². The van der Waals surface area contributed by atoms with Crippen molar-refractivity contribution in [1.82, 2.24) is 4.90 Å². The molecule has 0 amide bonds. The number of nitrogens with zero attached hydrogens (tertiary/aromatic N) is 1. The molecule has 1 saturated heterocycles. The zero-order valence-corrected chi connectivity index (χ0v) is 12.9. The molecule has 1 fully saturated rings. The largest absolute Gasteiger partial charge is 0.390 e. The molecule has 0 aromatic carbocycles. The predicted octanol–water partition coefficient (Wildman–Crippen LogP) is 0.830. The molecule has 0 spiro atoms. The maximum Gasteiger partial charge on any atom is 0.152 e. The van der Waals surface area contributed by atoms with Crippen LogP contribution in [0.15, 0.2) is 0 Å². The van der Waals surface area contributed by atoms with Gasteiger partial charge in [-0.05, 0) is 24.7 Å². The highest BCUT2D eigenvalue weighted by molar-refractivity contribution is 7.79. The average molecular weight is 293 g/mol. The van der Waals surface area contributed by atoms with Gasteiger partial charge in [0.2, 0.25) is 0 Å². The van der Waals surface area contributed by atoms with Crippen molar-refractivity contribution in [1.29, 1.82) is 0 Å². The number of piperidine rings is 1. The molecule has 5 nitrogen and oxygen atoms in total. The fraction of sp³-hybridized carbons (Fsp3) is 1.00. The summed E-state index contributed by atoms with van der Waals surface area (Å²) >= 11 is -1.76. The number of hydrogen-bond donors (Lipinski definition) is 3. The maximum absolute atomic E-state index is 10.9. The Morgan fingerprint density at radius 3 is 2.47 bits per heavy atom. The Bertz CT molecular complexity index is 311. The van der Waals surface area contributed by atoms with E-state index in [0.717, 1.165) is 13.0 Å². The van der Waals surface area contributed by atoms with E-state index in [0.29, 0.717) is 19.4 Å². The van der Waals surface area contributed by atoms with Crippen molar-refractivity contribution in [3.63, 3.8) is 0 Å². The Balaban J connectivity index is 2.67. The van der Waals surface area contributed by atoms with Crippen LogP contribution in [0.1, 0.15) is 40.0 Å². The van der Waals surface area contributed by atoms with Gasteiger partial charge >= 0.3 is 0 Å². The molecule has 114 valence electrons. The molecule has 1 aliphatic heterocycles. The molecule has 0 radical (unpaired) electrons. The van der Waals surface area contributed by atoms with Crippen LogP contribution in [0.2, 0.25) is 0 Å². The highest BCUT2D eigenvalue weighted by Gasteiger charge is 2.37. The number of β-amino-alcohol motifs (C(OH)–C–C–N with tert-alkyl or cyclic N) is 1. The summed E-state index contributed by atoms with van der Waals surface area (Å²) in [6.07, 6.45) is 0.865. The molecule has 4 unspecified atom stereocenters. The average Bonchev–Trinajstić information content (AvgIpc) is 2.32. The lowest BCUT2D eigenvalue weighted by Crippen LogP contribution is -2.54. The van der Waals surface area contributed by atoms with Gasteiger partial charge in [0.1, 0.15) is 0 Å². The Kier molecular flexibility index (Phi) is 6.39. The third kappa shape index (κ3) is 4.79. The number of aliphatic hydroxyl groups excluding tert-OH is 2. The molecule has 19 heavy (non-hydrogen) atoms. The van der Waals surface area contributed by atoms with Crippen molar-refractivity contribution in [2.75, 3.05) is 18.8 Å². The molecule has 1 aliphatic rings. The lowest BCUT2D eigenvalue weighted by atomic mass is 9.78. The van der Waals surface area contributed by atoms with Crippen molar-refractivity contribution >= 4 is 11.1 Å². The third-order valence-corrected chi connectivity index (χ3v) is 4.78. The highest BCUT2D eigenvalue weighted by Crippen LogP contribution is 2.33. The molecule has 0 saturated carbocycles. The van der Waals surface area contributed by atoms with Crippen molar-refractivity contribution in [3.8, 4) is 0 Å². The highest BCUT2D eigenvalue weighted by atomic mass is 32.2. The third-order valence-electron chi connectivity index (χ3n) is 4.23. The quantitative estimate of drug-likeness (QED) is 0.632. The van der Waals surface area contributed by atoms with Gasteiger partial charge in [-0.1, -0.05) is 20.8 Å². The molecule has 4 atom stereocenters. The zero-order valence-electron chi connectivity index (χ0n) is 12.1. The van der Waals surface area contributed by atoms with Crippen LogP contribution in [0.25, 0.3) is 0 Å². The van der Waals surface area contributed by atoms with E-state index in [1.54, 1.807) is 0 Å². The minimum absolute atomic E-state index is 0.0881. The first-order valence-electron chi connectivity index (χ1n) is 6.95. The fourth-order valence-electron chi connectivity index (χ4n) is 3.05. The van der Waals surface area contributed by atoms with E-state index in [4.69, 9.17) is 4.55 Å². The van der Waals surface area contributed by atoms with Crippen LogP contribution in [0.5, 0.6) is 0 Å². The smallest absolute Gasteiger partial charge is 0.152 e. The molecular weight excluding hydrogens is 266 g/mol. The zero-order chi connectivity index (χ0) is 14.6. The van der Waals surface area contributed by atoms with E-state index < -0.39 is 23.3 Å². The van der Waals surface area contributed by atoms with Crippen molar-refractivity contribution in [2.45, 2.75) is 58.3 Å². The van der Waals surface area contributed by atoms with Gasteiger partial charge in [-0.15, -0.1) is 0 Å². The SMILES string of the molecule is CCC(N1CCC(O)C(O)C1)C(C)(C)CCS(=O)O. The topological polar surface area (TPSA) is 81.0 Å². The molecule has 0 aliphatic carbocycles. The lowest BCUT2D eigenvalue weighted by Gasteiger charge is -2.45. The van der Waals surface area contributed by atoms with Crippen LogP contribution >= 0.6 is 0 Å². The lowest BCUT2D eigenvalue weighted by molar-refractivity contribution is -0.0651. The van der Waals surface area contributed by atoms with Gasteiger partial charge in [0, 0.05) is 24.9 Å². The van der Waals surface area contributed by atoms with Crippen LogP contribution in [0.4, 0.5) is 0 Å². The first-order valence-corrected chi connectivity index (χ1v) is 8.23. The van der Waals surface area contributed by atoms with Gasteiger partial charge in [-0.2, -0.15) is 0 Å². The molecule has 1 rings (SSSR count). The molecular formula is C13H27NO4S. The number of hydrogen-bond acceptors (Lipinski definition) is 4. The minimum atomic E-state index is -1.76. The Hall–Kier alpha value is -0.0100. The summed E-state index contributed by atoms with van der Waals surface area (Å²) in [7, 11) is 0. The molecule has 0 aromatic heterocycles. The summed E-state index contributed by atoms with van der Waals surface area (Å²) in [5.41, 5.74) is -0.0881. The van der Waals surface area contributed by atoms with E-state index in [1.807, 2.05) is 0 Å². The Morgan fingerprint density at radius 2 is 2.00 bits per heavy atom. The standard InChI is InChI=1S/C13H27NO4S/c1-4-12(13(2,3)6-8-19(17)18)14-7-5-10(15)11(16)9-14/h10-12,15-16H,4-9H2,1-3H3,(H,17,18). The van der Waals surface area contributed by atoms with Crippen LogP contribution in [-0.4, -0.2) is 61.0 Å². The van der Waals surface area contributed by atoms with Gasteiger partial charge in [0.25, 0.3) is 0 Å². The monoisotopic (exact) mass is 293 g/mol. The van der Waals surface area contributed by atoms with E-state index >= 15 is 0 Å². The number of aliphatic hydroxyl groups is 2. The van der Waals surface area contributed by atoms with Gasteiger partial charge in [0.05, 0.1) is 12.2 Å². The van der Waals surface area contributed by atoms with Crippen LogP contribution < -0.4 is 0 Å². The summed E-state index contributed by atoms with van der Waals surface area (Å²) in [6, 6.07) is 0.248. The second kappa shape index (κ2) is 7.13. The molecule has 3 N–H and O–H groups in total. The normalized spacial score (nSPS) is 29.2. The van der Waals surface area contributed by atoms with Gasteiger partial charge in [-0.3, -0.25) is 4.90 Å². The minimum Gasteiger partial charge on any atom is -0.390 e. The van der Waals surface area contributed by atoms with Crippen molar-refractivity contribution in [3.05, 3.63) is 0 Å². The van der Waals surface area contributed by atoms with Crippen molar-refractivity contribution in [2.24, 2.45) is 5.41 Å². The maximum atomic E-state index is 10.9. The molecule has 0 bridgehead atoms. The summed E-state index contributed by atoms with van der Waals surface area (Å²) < 4.78 is 19.8. The molecule has 1 heterocycles. The van der Waals surface area contributed by atoms with Gasteiger partial charge in [0.15, 0.2) is 11.1 Å². The number of likely N-dealkylation sites (tertiary alicyclic amines) is 1. The van der Waals surface area contributed by atoms with Crippen LogP contribution in [0, 0.1) is 5.41 Å². The Labute approximate surface area is 118 Å². The fourth-order valence-corrected chi connectivity index (χ4v) is 3.75. The van der Waals surface area contributed by atoms with Crippen molar-refractivity contribution < 1.29 is 19.0 Å². The first kappa shape index (κ1) is 17.0. The van der Waals surface area contributed by atoms with Gasteiger partial charge < -0.3 is 14.8 Å². The number of rotatable bonds is 6.